The van der Waals surface area contributed by atoms with Gasteiger partial charge in [0.15, 0.2) is 5.11 Å². The topological polar surface area (TPSA) is 122 Å². The summed E-state index contributed by atoms with van der Waals surface area (Å²) >= 11 is 13.9. The zero-order valence-corrected chi connectivity index (χ0v) is 15.8. The number of anilines is 1. The second kappa shape index (κ2) is 8.21. The van der Waals surface area contributed by atoms with Gasteiger partial charge in [0.25, 0.3) is 11.6 Å². The van der Waals surface area contributed by atoms with Crippen molar-refractivity contribution in [2.24, 2.45) is 0 Å². The molecule has 0 saturated heterocycles. The Morgan fingerprint density at radius 1 is 1.19 bits per heavy atom. The van der Waals surface area contributed by atoms with Crippen LogP contribution in [-0.4, -0.2) is 27.0 Å². The van der Waals surface area contributed by atoms with Gasteiger partial charge in [-0.3, -0.25) is 20.2 Å². The van der Waals surface area contributed by atoms with E-state index in [4.69, 9.17) is 23.8 Å². The van der Waals surface area contributed by atoms with Crippen LogP contribution >= 0.6 is 39.7 Å². The van der Waals surface area contributed by atoms with E-state index in [-0.39, 0.29) is 32.6 Å². The van der Waals surface area contributed by atoms with Crippen LogP contribution in [0.1, 0.15) is 20.7 Å². The number of carboxylic acids is 1. The number of amides is 1. The molecule has 0 unspecified atom stereocenters. The van der Waals surface area contributed by atoms with Crippen LogP contribution in [0.25, 0.3) is 0 Å². The number of thiocarbonyl (C=S) groups is 1. The van der Waals surface area contributed by atoms with Gasteiger partial charge in [-0.2, -0.15) is 0 Å². The van der Waals surface area contributed by atoms with E-state index >= 15 is 0 Å². The summed E-state index contributed by atoms with van der Waals surface area (Å²) in [4.78, 5) is 33.7. The van der Waals surface area contributed by atoms with Gasteiger partial charge in [0, 0.05) is 21.6 Å². The van der Waals surface area contributed by atoms with E-state index in [9.17, 15) is 24.8 Å². The summed E-state index contributed by atoms with van der Waals surface area (Å²) in [6.45, 7) is 0. The highest BCUT2D eigenvalue weighted by Gasteiger charge is 2.18. The molecule has 0 bridgehead atoms. The third-order valence-corrected chi connectivity index (χ3v) is 4.22. The highest BCUT2D eigenvalue weighted by molar-refractivity contribution is 9.10. The molecule has 26 heavy (non-hydrogen) atoms. The number of nitro groups is 1. The standard InChI is InChI=1S/C15H9BrClN3O5S/c16-11-3-2-8(20(24)25)6-9(11)13(21)19-15(26)18-12-4-1-7(17)5-10(12)14(22)23/h1-6H,(H,22,23)(H2,18,19,21,26). The fourth-order valence-corrected chi connectivity index (χ4v) is 2.73. The van der Waals surface area contributed by atoms with Gasteiger partial charge in [-0.1, -0.05) is 11.6 Å². The molecule has 3 N–H and O–H groups in total. The first-order valence-electron chi connectivity index (χ1n) is 6.78. The van der Waals surface area contributed by atoms with E-state index in [1.807, 2.05) is 0 Å². The fraction of sp³-hybridized carbons (Fsp3) is 0. The number of halogens is 2. The number of carboxylic acid groups (broad SMARTS) is 1. The number of nitrogens with zero attached hydrogens (tertiary/aromatic N) is 1. The van der Waals surface area contributed by atoms with Gasteiger partial charge in [0.1, 0.15) is 0 Å². The molecule has 134 valence electrons. The van der Waals surface area contributed by atoms with Crippen molar-refractivity contribution in [3.05, 3.63) is 67.1 Å². The lowest BCUT2D eigenvalue weighted by molar-refractivity contribution is -0.384. The zero-order valence-electron chi connectivity index (χ0n) is 12.7. The Labute approximate surface area is 165 Å². The Kier molecular flexibility index (Phi) is 6.24. The molecular weight excluding hydrogens is 450 g/mol. The molecule has 0 aromatic heterocycles. The molecule has 0 fully saturated rings. The maximum atomic E-state index is 12.3. The van der Waals surface area contributed by atoms with Crippen LogP contribution in [-0.2, 0) is 0 Å². The van der Waals surface area contributed by atoms with Gasteiger partial charge in [-0.25, -0.2) is 4.79 Å². The lowest BCUT2D eigenvalue weighted by Gasteiger charge is -2.12. The molecule has 2 rings (SSSR count). The van der Waals surface area contributed by atoms with Crippen LogP contribution in [0, 0.1) is 10.1 Å². The molecule has 2 aromatic rings. The van der Waals surface area contributed by atoms with Crippen LogP contribution in [0.15, 0.2) is 40.9 Å². The summed E-state index contributed by atoms with van der Waals surface area (Å²) in [6.07, 6.45) is 0. The average Bonchev–Trinajstić information content (AvgIpc) is 2.56. The van der Waals surface area contributed by atoms with Crippen LogP contribution in [0.2, 0.25) is 5.02 Å². The number of aromatic carboxylic acids is 1. The largest absolute Gasteiger partial charge is 0.478 e. The molecule has 8 nitrogen and oxygen atoms in total. The number of carbonyl (C=O) groups is 2. The van der Waals surface area contributed by atoms with E-state index in [0.29, 0.717) is 4.47 Å². The Hall–Kier alpha value is -2.56. The van der Waals surface area contributed by atoms with Gasteiger partial charge in [-0.15, -0.1) is 0 Å². The molecule has 0 heterocycles. The predicted octanol–water partition coefficient (Wildman–Crippen LogP) is 3.84. The van der Waals surface area contributed by atoms with Gasteiger partial charge >= 0.3 is 5.97 Å². The smallest absolute Gasteiger partial charge is 0.337 e. The summed E-state index contributed by atoms with van der Waals surface area (Å²) in [7, 11) is 0. The number of nitrogens with one attached hydrogen (secondary N) is 2. The van der Waals surface area contributed by atoms with Crippen molar-refractivity contribution in [1.82, 2.24) is 5.32 Å². The third kappa shape index (κ3) is 4.75. The van der Waals surface area contributed by atoms with Crippen molar-refractivity contribution >= 4 is 68.1 Å². The van der Waals surface area contributed by atoms with Crippen molar-refractivity contribution < 1.29 is 19.6 Å². The third-order valence-electron chi connectivity index (χ3n) is 3.09. The van der Waals surface area contributed by atoms with Crippen molar-refractivity contribution in [3.8, 4) is 0 Å². The highest BCUT2D eigenvalue weighted by atomic mass is 79.9. The zero-order chi connectivity index (χ0) is 19.4. The maximum Gasteiger partial charge on any atom is 0.337 e. The molecule has 11 heteroatoms. The number of hydrogen-bond acceptors (Lipinski definition) is 5. The van der Waals surface area contributed by atoms with E-state index in [2.05, 4.69) is 26.6 Å². The Bertz CT molecular complexity index is 937. The quantitative estimate of drug-likeness (QED) is 0.361. The second-order valence-corrected chi connectivity index (χ2v) is 6.52. The summed E-state index contributed by atoms with van der Waals surface area (Å²) in [6, 6.07) is 7.78. The van der Waals surface area contributed by atoms with Crippen LogP contribution in [0.4, 0.5) is 11.4 Å². The van der Waals surface area contributed by atoms with Crippen LogP contribution in [0.3, 0.4) is 0 Å². The molecule has 0 saturated carbocycles. The van der Waals surface area contributed by atoms with E-state index in [1.54, 1.807) is 0 Å². The molecule has 2 aromatic carbocycles. The first kappa shape index (κ1) is 19.8. The van der Waals surface area contributed by atoms with Crippen LogP contribution in [0.5, 0.6) is 0 Å². The predicted molar refractivity (Wildman–Crippen MR) is 103 cm³/mol. The van der Waals surface area contributed by atoms with Crippen LogP contribution < -0.4 is 10.6 Å². The lowest BCUT2D eigenvalue weighted by atomic mass is 10.2. The van der Waals surface area contributed by atoms with Crippen molar-refractivity contribution in [3.63, 3.8) is 0 Å². The lowest BCUT2D eigenvalue weighted by Crippen LogP contribution is -2.34. The van der Waals surface area contributed by atoms with E-state index in [1.165, 1.54) is 30.3 Å². The molecule has 0 atom stereocenters. The highest BCUT2D eigenvalue weighted by Crippen LogP contribution is 2.23. The first-order chi connectivity index (χ1) is 12.2. The van der Waals surface area contributed by atoms with Crippen molar-refractivity contribution in [1.29, 1.82) is 0 Å². The minimum Gasteiger partial charge on any atom is -0.478 e. The number of nitro benzene ring substituents is 1. The number of hydrogen-bond donors (Lipinski definition) is 3. The van der Waals surface area contributed by atoms with Crippen molar-refractivity contribution in [2.75, 3.05) is 5.32 Å². The minimum atomic E-state index is -1.23. The average molecular weight is 459 g/mol. The summed E-state index contributed by atoms with van der Waals surface area (Å²) in [5.74, 6) is -1.94. The number of carbonyl (C=O) groups excluding carboxylic acids is 1. The molecule has 0 aliphatic carbocycles. The molecule has 0 radical (unpaired) electrons. The van der Waals surface area contributed by atoms with Gasteiger partial charge in [0.05, 0.1) is 21.7 Å². The van der Waals surface area contributed by atoms with Gasteiger partial charge in [0.2, 0.25) is 0 Å². The Morgan fingerprint density at radius 2 is 1.88 bits per heavy atom. The molecular formula is C15H9BrClN3O5S. The number of rotatable bonds is 4. The SMILES string of the molecule is O=C(NC(=S)Nc1ccc(Cl)cc1C(=O)O)c1cc([N+](=O)[O-])ccc1Br. The van der Waals surface area contributed by atoms with E-state index in [0.717, 1.165) is 6.07 Å². The fourth-order valence-electron chi connectivity index (χ4n) is 1.93. The van der Waals surface area contributed by atoms with E-state index < -0.39 is 16.8 Å². The monoisotopic (exact) mass is 457 g/mol. The van der Waals surface area contributed by atoms with Gasteiger partial charge < -0.3 is 10.4 Å². The number of non-ortho nitro benzene ring substituents is 1. The second-order valence-electron chi connectivity index (χ2n) is 4.82. The summed E-state index contributed by atoms with van der Waals surface area (Å²) in [5.41, 5.74) is -0.267. The number of benzene rings is 2. The molecule has 1 amide bonds. The summed E-state index contributed by atoms with van der Waals surface area (Å²) in [5, 5.41) is 25.0. The molecule has 0 aliphatic rings. The van der Waals surface area contributed by atoms with Gasteiger partial charge in [-0.05, 0) is 52.4 Å². The normalized spacial score (nSPS) is 10.1. The molecule has 0 aliphatic heterocycles. The van der Waals surface area contributed by atoms with Crippen molar-refractivity contribution in [2.45, 2.75) is 0 Å². The maximum absolute atomic E-state index is 12.3. The summed E-state index contributed by atoms with van der Waals surface area (Å²) < 4.78 is 0.334. The molecule has 0 spiro atoms. The Morgan fingerprint density at radius 3 is 2.50 bits per heavy atom. The first-order valence-corrected chi connectivity index (χ1v) is 8.36. The minimum absolute atomic E-state index is 0.00193. The Balaban J connectivity index is 2.19.